The normalized spacial score (nSPS) is 22.0. The predicted molar refractivity (Wildman–Crippen MR) is 89.9 cm³/mol. The van der Waals surface area contributed by atoms with Crippen LogP contribution in [-0.4, -0.2) is 71.5 Å². The van der Waals surface area contributed by atoms with Gasteiger partial charge in [-0.2, -0.15) is 0 Å². The van der Waals surface area contributed by atoms with Crippen molar-refractivity contribution < 1.29 is 29.0 Å². The lowest BCUT2D eigenvalue weighted by Gasteiger charge is -2.30. The fraction of sp³-hybridized carbons (Fsp3) is 0.800. The van der Waals surface area contributed by atoms with E-state index in [-0.39, 0.29) is 13.0 Å². The molecule has 11 heteroatoms. The van der Waals surface area contributed by atoms with Crippen LogP contribution < -0.4 is 5.32 Å². The molecule has 2 N–H and O–H groups in total. The smallest absolute Gasteiger partial charge is 0.408 e. The summed E-state index contributed by atoms with van der Waals surface area (Å²) in [7, 11) is 1.18. The zero-order valence-electron chi connectivity index (χ0n) is 15.5. The highest BCUT2D eigenvalue weighted by Gasteiger charge is 2.43. The van der Waals surface area contributed by atoms with Crippen LogP contribution in [0.3, 0.4) is 0 Å². The zero-order valence-corrected chi connectivity index (χ0v) is 15.5. The number of esters is 1. The molecule has 146 valence electrons. The largest absolute Gasteiger partial charge is 0.467 e. The van der Waals surface area contributed by atoms with E-state index in [4.69, 9.17) is 10.3 Å². The highest BCUT2D eigenvalue weighted by molar-refractivity contribution is 5.90. The van der Waals surface area contributed by atoms with Gasteiger partial charge >= 0.3 is 12.1 Å². The number of methoxy groups -OCH3 is 1. The number of amides is 2. The molecule has 0 aromatic carbocycles. The second kappa shape index (κ2) is 8.72. The Morgan fingerprint density at radius 3 is 2.46 bits per heavy atom. The van der Waals surface area contributed by atoms with Crippen molar-refractivity contribution in [3.8, 4) is 0 Å². The van der Waals surface area contributed by atoms with Gasteiger partial charge in [0.25, 0.3) is 0 Å². The molecular weight excluding hydrogens is 346 g/mol. The van der Waals surface area contributed by atoms with Gasteiger partial charge in [-0.05, 0) is 39.6 Å². The number of alkyl carbamates (subject to hydrolysis) is 1. The Morgan fingerprint density at radius 1 is 1.38 bits per heavy atom. The zero-order chi connectivity index (χ0) is 20.1. The molecule has 0 spiro atoms. The monoisotopic (exact) mass is 371 g/mol. The minimum atomic E-state index is -1.33. The molecule has 1 aliphatic heterocycles. The number of aliphatic hydroxyl groups excluding tert-OH is 1. The summed E-state index contributed by atoms with van der Waals surface area (Å²) in [6.45, 7) is 6.27. The van der Waals surface area contributed by atoms with Crippen LogP contribution in [0.1, 0.15) is 34.1 Å². The fourth-order valence-corrected chi connectivity index (χ4v) is 2.58. The molecule has 0 bridgehead atoms. The lowest BCUT2D eigenvalue weighted by Crippen LogP contribution is -2.56. The molecule has 1 heterocycles. The third-order valence-corrected chi connectivity index (χ3v) is 3.67. The van der Waals surface area contributed by atoms with Crippen molar-refractivity contribution in [2.75, 3.05) is 13.7 Å². The lowest BCUT2D eigenvalue weighted by atomic mass is 10.1. The predicted octanol–water partition coefficient (Wildman–Crippen LogP) is 0.713. The maximum Gasteiger partial charge on any atom is 0.408 e. The van der Waals surface area contributed by atoms with Gasteiger partial charge in [-0.15, -0.1) is 0 Å². The van der Waals surface area contributed by atoms with Gasteiger partial charge in [0, 0.05) is 11.5 Å². The first-order valence-corrected chi connectivity index (χ1v) is 8.10. The maximum absolute atomic E-state index is 12.8. The van der Waals surface area contributed by atoms with Crippen LogP contribution in [0.5, 0.6) is 0 Å². The second-order valence-corrected chi connectivity index (χ2v) is 6.99. The van der Waals surface area contributed by atoms with Crippen molar-refractivity contribution in [1.29, 1.82) is 0 Å². The molecule has 0 radical (unpaired) electrons. The molecule has 11 nitrogen and oxygen atoms in total. The number of hydrogen-bond donors (Lipinski definition) is 2. The van der Waals surface area contributed by atoms with Crippen molar-refractivity contribution in [2.45, 2.75) is 63.9 Å². The van der Waals surface area contributed by atoms with Crippen LogP contribution in [0, 0.1) is 0 Å². The quantitative estimate of drug-likeness (QED) is 0.314. The number of aliphatic hydroxyl groups is 1. The van der Waals surface area contributed by atoms with Gasteiger partial charge in [-0.3, -0.25) is 4.79 Å². The number of nitrogens with zero attached hydrogens (tertiary/aromatic N) is 4. The molecular formula is C15H25N5O6. The summed E-state index contributed by atoms with van der Waals surface area (Å²) in [6.07, 6.45) is -2.02. The third-order valence-electron chi connectivity index (χ3n) is 3.67. The third kappa shape index (κ3) is 5.78. The number of rotatable bonds is 5. The molecule has 2 amide bonds. The van der Waals surface area contributed by atoms with E-state index < -0.39 is 47.8 Å². The van der Waals surface area contributed by atoms with E-state index in [1.54, 1.807) is 20.8 Å². The van der Waals surface area contributed by atoms with Crippen LogP contribution in [0.15, 0.2) is 5.11 Å². The van der Waals surface area contributed by atoms with Crippen LogP contribution in [0.25, 0.3) is 10.4 Å². The Bertz CT molecular complexity index is 596. The SMILES string of the molecule is COC(=O)[C@@H]1C[C@H](N=[N+]=[N-])CN1C(=O)[C@@H](NC(=O)OC(C)(C)C)[C@@H](C)O. The van der Waals surface area contributed by atoms with Gasteiger partial charge in [0.1, 0.15) is 17.7 Å². The number of nitrogens with one attached hydrogen (secondary N) is 1. The summed E-state index contributed by atoms with van der Waals surface area (Å²) in [5.41, 5.74) is 7.80. The fourth-order valence-electron chi connectivity index (χ4n) is 2.58. The highest BCUT2D eigenvalue weighted by Crippen LogP contribution is 2.23. The average Bonchev–Trinajstić information content (AvgIpc) is 2.93. The molecule has 0 saturated carbocycles. The van der Waals surface area contributed by atoms with Crippen LogP contribution in [-0.2, 0) is 19.1 Å². The summed E-state index contributed by atoms with van der Waals surface area (Å²) in [5, 5.41) is 15.8. The average molecular weight is 371 g/mol. The van der Waals surface area contributed by atoms with Crippen molar-refractivity contribution >= 4 is 18.0 Å². The van der Waals surface area contributed by atoms with E-state index in [1.165, 1.54) is 14.0 Å². The van der Waals surface area contributed by atoms with E-state index in [9.17, 15) is 19.5 Å². The van der Waals surface area contributed by atoms with Crippen molar-refractivity contribution in [1.82, 2.24) is 10.2 Å². The Hall–Kier alpha value is -2.52. The number of carbonyl (C=O) groups excluding carboxylic acids is 3. The Kier molecular flexibility index (Phi) is 7.22. The second-order valence-electron chi connectivity index (χ2n) is 6.99. The topological polar surface area (TPSA) is 154 Å². The molecule has 1 rings (SSSR count). The number of ether oxygens (including phenoxy) is 2. The van der Waals surface area contributed by atoms with E-state index in [0.717, 1.165) is 4.90 Å². The summed E-state index contributed by atoms with van der Waals surface area (Å²) >= 11 is 0. The molecule has 0 aromatic rings. The van der Waals surface area contributed by atoms with Crippen molar-refractivity contribution in [3.63, 3.8) is 0 Å². The minimum Gasteiger partial charge on any atom is -0.467 e. The highest BCUT2D eigenvalue weighted by atomic mass is 16.6. The lowest BCUT2D eigenvalue weighted by molar-refractivity contribution is -0.152. The molecule has 4 atom stereocenters. The molecule has 26 heavy (non-hydrogen) atoms. The van der Waals surface area contributed by atoms with Crippen LogP contribution in [0.4, 0.5) is 4.79 Å². The van der Waals surface area contributed by atoms with E-state index >= 15 is 0 Å². The van der Waals surface area contributed by atoms with Gasteiger partial charge in [0.05, 0.1) is 19.3 Å². The Labute approximate surface area is 151 Å². The molecule has 0 aromatic heterocycles. The number of likely N-dealkylation sites (tertiary alicyclic amines) is 1. The Morgan fingerprint density at radius 2 is 2.00 bits per heavy atom. The molecule has 1 aliphatic rings. The van der Waals surface area contributed by atoms with Gasteiger partial charge in [0.15, 0.2) is 0 Å². The molecule has 1 saturated heterocycles. The van der Waals surface area contributed by atoms with Gasteiger partial charge < -0.3 is 24.8 Å². The first-order chi connectivity index (χ1) is 12.0. The number of carbonyl (C=O) groups is 3. The van der Waals surface area contributed by atoms with Crippen molar-refractivity contribution in [2.24, 2.45) is 5.11 Å². The van der Waals surface area contributed by atoms with E-state index in [0.29, 0.717) is 0 Å². The molecule has 1 fully saturated rings. The summed E-state index contributed by atoms with van der Waals surface area (Å²) in [6, 6.07) is -2.91. The van der Waals surface area contributed by atoms with Crippen molar-refractivity contribution in [3.05, 3.63) is 10.4 Å². The summed E-state index contributed by atoms with van der Waals surface area (Å²) in [4.78, 5) is 40.6. The van der Waals surface area contributed by atoms with Crippen LogP contribution in [0.2, 0.25) is 0 Å². The molecule has 0 aliphatic carbocycles. The van der Waals surface area contributed by atoms with Gasteiger partial charge in [-0.1, -0.05) is 5.11 Å². The minimum absolute atomic E-state index is 0.0259. The molecule has 0 unspecified atom stereocenters. The number of azide groups is 1. The summed E-state index contributed by atoms with van der Waals surface area (Å²) in [5.74, 6) is -1.37. The number of hydrogen-bond acceptors (Lipinski definition) is 7. The van der Waals surface area contributed by atoms with Gasteiger partial charge in [-0.25, -0.2) is 9.59 Å². The van der Waals surface area contributed by atoms with Crippen LogP contribution >= 0.6 is 0 Å². The van der Waals surface area contributed by atoms with E-state index in [1.807, 2.05) is 0 Å². The summed E-state index contributed by atoms with van der Waals surface area (Å²) < 4.78 is 9.78. The standard InChI is InChI=1S/C15H25N5O6/c1-8(21)11(17-14(24)26-15(2,3)4)12(22)20-7-9(18-19-16)6-10(20)13(23)25-5/h8-11,21H,6-7H2,1-5H3,(H,17,24)/t8-,9+,10+,11+/m1/s1. The maximum atomic E-state index is 12.8. The Balaban J connectivity index is 2.99. The first kappa shape index (κ1) is 21.5. The first-order valence-electron chi connectivity index (χ1n) is 8.10. The van der Waals surface area contributed by atoms with Gasteiger partial charge in [0.2, 0.25) is 5.91 Å². The van der Waals surface area contributed by atoms with E-state index in [2.05, 4.69) is 20.1 Å².